The summed E-state index contributed by atoms with van der Waals surface area (Å²) in [6.45, 7) is 1.21. The molecule has 6 heteroatoms. The molecule has 0 spiro atoms. The van der Waals surface area contributed by atoms with Gasteiger partial charge < -0.3 is 10.0 Å². The van der Waals surface area contributed by atoms with Crippen LogP contribution in [0.1, 0.15) is 16.8 Å². The molecule has 2 rings (SSSR count). The van der Waals surface area contributed by atoms with E-state index in [0.29, 0.717) is 18.8 Å². The van der Waals surface area contributed by atoms with Gasteiger partial charge in [0.05, 0.1) is 4.92 Å². The van der Waals surface area contributed by atoms with Crippen LogP contribution in [0.15, 0.2) is 30.4 Å². The SMILES string of the molecule is O=C(O)c1cccc(N2CC=CCC2)c1[N+](=O)[O-]. The van der Waals surface area contributed by atoms with Gasteiger partial charge in [-0.1, -0.05) is 18.2 Å². The minimum atomic E-state index is -1.28. The maximum Gasteiger partial charge on any atom is 0.342 e. The fourth-order valence-electron chi connectivity index (χ4n) is 2.01. The van der Waals surface area contributed by atoms with E-state index in [4.69, 9.17) is 5.11 Å². The Morgan fingerprint density at radius 2 is 2.17 bits per heavy atom. The Morgan fingerprint density at radius 1 is 1.39 bits per heavy atom. The van der Waals surface area contributed by atoms with Gasteiger partial charge in [-0.15, -0.1) is 0 Å². The molecule has 0 bridgehead atoms. The Labute approximate surface area is 103 Å². The molecule has 0 unspecified atom stereocenters. The fraction of sp³-hybridized carbons (Fsp3) is 0.250. The van der Waals surface area contributed by atoms with E-state index >= 15 is 0 Å². The van der Waals surface area contributed by atoms with Crippen molar-refractivity contribution in [3.05, 3.63) is 46.0 Å². The van der Waals surface area contributed by atoms with Crippen molar-refractivity contribution in [1.82, 2.24) is 0 Å². The second-order valence-corrected chi connectivity index (χ2v) is 3.94. The second kappa shape index (κ2) is 4.87. The summed E-state index contributed by atoms with van der Waals surface area (Å²) in [7, 11) is 0. The molecule has 0 aromatic heterocycles. The molecule has 0 saturated heterocycles. The molecule has 1 aliphatic rings. The van der Waals surface area contributed by atoms with E-state index in [-0.39, 0.29) is 11.3 Å². The highest BCUT2D eigenvalue weighted by Gasteiger charge is 2.27. The van der Waals surface area contributed by atoms with Crippen LogP contribution in [0, 0.1) is 10.1 Å². The summed E-state index contributed by atoms with van der Waals surface area (Å²) >= 11 is 0. The van der Waals surface area contributed by atoms with Crippen molar-refractivity contribution in [3.8, 4) is 0 Å². The number of benzene rings is 1. The lowest BCUT2D eigenvalue weighted by atomic mass is 10.1. The van der Waals surface area contributed by atoms with Crippen LogP contribution < -0.4 is 4.90 Å². The standard InChI is InChI=1S/C12H12N2O4/c15-12(16)9-5-4-6-10(11(9)14(17)18)13-7-2-1-3-8-13/h1-2,4-6H,3,7-8H2,(H,15,16). The molecule has 1 N–H and O–H groups in total. The third-order valence-corrected chi connectivity index (χ3v) is 2.83. The van der Waals surface area contributed by atoms with Crippen molar-refractivity contribution in [3.63, 3.8) is 0 Å². The summed E-state index contributed by atoms with van der Waals surface area (Å²) in [6, 6.07) is 4.37. The van der Waals surface area contributed by atoms with E-state index in [1.54, 1.807) is 6.07 Å². The molecule has 18 heavy (non-hydrogen) atoms. The third kappa shape index (κ3) is 2.17. The Bertz CT molecular complexity index is 525. The number of carbonyl (C=O) groups is 1. The number of nitro benzene ring substituents is 1. The number of hydrogen-bond donors (Lipinski definition) is 1. The summed E-state index contributed by atoms with van der Waals surface area (Å²) in [5.74, 6) is -1.28. The predicted molar refractivity (Wildman–Crippen MR) is 66.0 cm³/mol. The second-order valence-electron chi connectivity index (χ2n) is 3.94. The van der Waals surface area contributed by atoms with Gasteiger partial charge in [0.1, 0.15) is 11.3 Å². The van der Waals surface area contributed by atoms with Crippen LogP contribution in [0.3, 0.4) is 0 Å². The van der Waals surface area contributed by atoms with Crippen molar-refractivity contribution in [2.45, 2.75) is 6.42 Å². The van der Waals surface area contributed by atoms with Gasteiger partial charge in [0.2, 0.25) is 0 Å². The molecular weight excluding hydrogens is 236 g/mol. The monoisotopic (exact) mass is 248 g/mol. The number of rotatable bonds is 3. The number of para-hydroxylation sites is 1. The molecule has 0 atom stereocenters. The van der Waals surface area contributed by atoms with Crippen LogP contribution in [0.4, 0.5) is 11.4 Å². The molecule has 0 radical (unpaired) electrons. The van der Waals surface area contributed by atoms with E-state index in [1.807, 2.05) is 17.1 Å². The highest BCUT2D eigenvalue weighted by Crippen LogP contribution is 2.32. The molecule has 1 heterocycles. The van der Waals surface area contributed by atoms with Crippen molar-refractivity contribution in [1.29, 1.82) is 0 Å². The lowest BCUT2D eigenvalue weighted by molar-refractivity contribution is -0.384. The first-order valence-corrected chi connectivity index (χ1v) is 5.52. The Balaban J connectivity index is 2.52. The summed E-state index contributed by atoms with van der Waals surface area (Å²) in [6.07, 6.45) is 4.72. The molecule has 0 amide bonds. The van der Waals surface area contributed by atoms with Gasteiger partial charge in [-0.25, -0.2) is 4.79 Å². The first-order valence-electron chi connectivity index (χ1n) is 5.52. The topological polar surface area (TPSA) is 83.7 Å². The zero-order valence-electron chi connectivity index (χ0n) is 9.57. The number of hydrogen-bond acceptors (Lipinski definition) is 4. The van der Waals surface area contributed by atoms with E-state index in [9.17, 15) is 14.9 Å². The summed E-state index contributed by atoms with van der Waals surface area (Å²) in [5, 5.41) is 20.1. The Morgan fingerprint density at radius 3 is 2.72 bits per heavy atom. The van der Waals surface area contributed by atoms with Gasteiger partial charge in [-0.05, 0) is 18.6 Å². The molecule has 1 aromatic carbocycles. The highest BCUT2D eigenvalue weighted by molar-refractivity contribution is 5.95. The average Bonchev–Trinajstić information content (AvgIpc) is 2.38. The van der Waals surface area contributed by atoms with E-state index in [0.717, 1.165) is 6.42 Å². The molecular formula is C12H12N2O4. The molecule has 0 saturated carbocycles. The number of nitrogens with zero attached hydrogens (tertiary/aromatic N) is 2. The van der Waals surface area contributed by atoms with Crippen molar-refractivity contribution in [2.75, 3.05) is 18.0 Å². The van der Waals surface area contributed by atoms with E-state index in [1.165, 1.54) is 12.1 Å². The smallest absolute Gasteiger partial charge is 0.342 e. The number of carboxylic acids is 1. The van der Waals surface area contributed by atoms with Crippen molar-refractivity contribution < 1.29 is 14.8 Å². The van der Waals surface area contributed by atoms with Crippen molar-refractivity contribution in [2.24, 2.45) is 0 Å². The molecule has 1 aliphatic heterocycles. The van der Waals surface area contributed by atoms with Crippen LogP contribution in [0.5, 0.6) is 0 Å². The number of nitro groups is 1. The molecule has 6 nitrogen and oxygen atoms in total. The summed E-state index contributed by atoms with van der Waals surface area (Å²) in [4.78, 5) is 23.3. The summed E-state index contributed by atoms with van der Waals surface area (Å²) in [5.41, 5.74) is -0.239. The largest absolute Gasteiger partial charge is 0.477 e. The first-order chi connectivity index (χ1) is 8.61. The third-order valence-electron chi connectivity index (χ3n) is 2.83. The molecule has 0 aliphatic carbocycles. The van der Waals surface area contributed by atoms with Crippen molar-refractivity contribution >= 4 is 17.3 Å². The van der Waals surface area contributed by atoms with Crippen LogP contribution in [-0.2, 0) is 0 Å². The minimum Gasteiger partial charge on any atom is -0.477 e. The number of anilines is 1. The lowest BCUT2D eigenvalue weighted by Gasteiger charge is -2.25. The first kappa shape index (κ1) is 12.1. The zero-order valence-corrected chi connectivity index (χ0v) is 9.57. The number of carboxylic acid groups (broad SMARTS) is 1. The molecule has 0 fully saturated rings. The Hall–Kier alpha value is -2.37. The quantitative estimate of drug-likeness (QED) is 0.503. The molecule has 94 valence electrons. The lowest BCUT2D eigenvalue weighted by Crippen LogP contribution is -2.27. The predicted octanol–water partition coefficient (Wildman–Crippen LogP) is 2.06. The fourth-order valence-corrected chi connectivity index (χ4v) is 2.01. The zero-order chi connectivity index (χ0) is 13.1. The highest BCUT2D eigenvalue weighted by atomic mass is 16.6. The van der Waals surface area contributed by atoms with Gasteiger partial charge in [-0.2, -0.15) is 0 Å². The van der Waals surface area contributed by atoms with Crippen LogP contribution in [0.2, 0.25) is 0 Å². The van der Waals surface area contributed by atoms with Crippen LogP contribution in [0.25, 0.3) is 0 Å². The average molecular weight is 248 g/mol. The Kier molecular flexibility index (Phi) is 3.27. The van der Waals surface area contributed by atoms with E-state index in [2.05, 4.69) is 0 Å². The normalized spacial score (nSPS) is 14.6. The van der Waals surface area contributed by atoms with Crippen LogP contribution >= 0.6 is 0 Å². The molecule has 1 aromatic rings. The number of aromatic carboxylic acids is 1. The summed E-state index contributed by atoms with van der Waals surface area (Å²) < 4.78 is 0. The van der Waals surface area contributed by atoms with Gasteiger partial charge >= 0.3 is 11.7 Å². The maximum atomic E-state index is 11.1. The van der Waals surface area contributed by atoms with Gasteiger partial charge in [0.25, 0.3) is 0 Å². The minimum absolute atomic E-state index is 0.271. The van der Waals surface area contributed by atoms with Gasteiger partial charge in [0, 0.05) is 13.1 Å². The van der Waals surface area contributed by atoms with Gasteiger partial charge in [-0.3, -0.25) is 10.1 Å². The van der Waals surface area contributed by atoms with E-state index < -0.39 is 10.9 Å². The van der Waals surface area contributed by atoms with Gasteiger partial charge in [0.15, 0.2) is 0 Å². The van der Waals surface area contributed by atoms with Crippen LogP contribution in [-0.4, -0.2) is 29.1 Å². The maximum absolute atomic E-state index is 11.1.